The summed E-state index contributed by atoms with van der Waals surface area (Å²) >= 11 is 6.93. The van der Waals surface area contributed by atoms with Crippen molar-refractivity contribution in [1.82, 2.24) is 5.32 Å². The van der Waals surface area contributed by atoms with Crippen LogP contribution in [0, 0.1) is 5.82 Å². The van der Waals surface area contributed by atoms with Crippen molar-refractivity contribution in [2.75, 3.05) is 24.2 Å². The minimum Gasteiger partial charge on any atom is -0.494 e. The van der Waals surface area contributed by atoms with Crippen molar-refractivity contribution in [2.45, 2.75) is 12.7 Å². The van der Waals surface area contributed by atoms with Crippen LogP contribution in [0.15, 0.2) is 48.5 Å². The Hall–Kier alpha value is -1.79. The molecule has 0 bridgehead atoms. The number of rotatable bonds is 8. The predicted octanol–water partition coefficient (Wildman–Crippen LogP) is 4.44. The molecule has 0 aromatic heterocycles. The van der Waals surface area contributed by atoms with Gasteiger partial charge < -0.3 is 15.4 Å². The van der Waals surface area contributed by atoms with Crippen LogP contribution >= 0.6 is 24.0 Å². The fraction of sp³-hybridized carbons (Fsp3) is 0.278. The van der Waals surface area contributed by atoms with Gasteiger partial charge in [-0.1, -0.05) is 18.2 Å². The van der Waals surface area contributed by atoms with Crippen LogP contribution in [0.25, 0.3) is 0 Å². The summed E-state index contributed by atoms with van der Waals surface area (Å²) in [5, 5.41) is 6.85. The van der Waals surface area contributed by atoms with Gasteiger partial charge in [-0.15, -0.1) is 0 Å². The average molecular weight is 365 g/mol. The molecule has 128 valence electrons. The van der Waals surface area contributed by atoms with E-state index in [0.717, 1.165) is 29.3 Å². The van der Waals surface area contributed by atoms with E-state index in [4.69, 9.17) is 17.0 Å². The fourth-order valence-electron chi connectivity index (χ4n) is 2.01. The van der Waals surface area contributed by atoms with E-state index in [1.54, 1.807) is 17.8 Å². The van der Waals surface area contributed by atoms with Gasteiger partial charge >= 0.3 is 0 Å². The summed E-state index contributed by atoms with van der Waals surface area (Å²) in [6.07, 6.45) is 0. The Bertz CT molecular complexity index is 650. The molecule has 3 nitrogen and oxygen atoms in total. The van der Waals surface area contributed by atoms with Crippen LogP contribution in [0.5, 0.6) is 5.75 Å². The van der Waals surface area contributed by atoms with Gasteiger partial charge in [0.15, 0.2) is 5.11 Å². The minimum absolute atomic E-state index is 0.148. The summed E-state index contributed by atoms with van der Waals surface area (Å²) < 4.78 is 18.9. The van der Waals surface area contributed by atoms with Gasteiger partial charge in [0.1, 0.15) is 11.6 Å². The molecule has 0 atom stereocenters. The van der Waals surface area contributed by atoms with E-state index < -0.39 is 0 Å². The van der Waals surface area contributed by atoms with Crippen molar-refractivity contribution in [2.24, 2.45) is 0 Å². The van der Waals surface area contributed by atoms with Crippen molar-refractivity contribution in [1.29, 1.82) is 0 Å². The van der Waals surface area contributed by atoms with E-state index in [1.165, 1.54) is 6.07 Å². The average Bonchev–Trinajstić information content (AvgIpc) is 2.58. The van der Waals surface area contributed by atoms with Crippen molar-refractivity contribution < 1.29 is 9.13 Å². The molecule has 0 unspecified atom stereocenters. The second-order valence-corrected chi connectivity index (χ2v) is 6.50. The van der Waals surface area contributed by atoms with Gasteiger partial charge in [-0.2, -0.15) is 11.8 Å². The monoisotopic (exact) mass is 364 g/mol. The molecule has 0 radical (unpaired) electrons. The quantitative estimate of drug-likeness (QED) is 0.534. The van der Waals surface area contributed by atoms with Crippen LogP contribution in [-0.2, 0) is 5.75 Å². The maximum atomic E-state index is 13.5. The molecule has 6 heteroatoms. The van der Waals surface area contributed by atoms with E-state index in [2.05, 4.69) is 10.6 Å². The zero-order chi connectivity index (χ0) is 17.2. The van der Waals surface area contributed by atoms with Crippen LogP contribution in [0.4, 0.5) is 10.1 Å². The van der Waals surface area contributed by atoms with Gasteiger partial charge in [0.05, 0.1) is 6.61 Å². The molecule has 0 aliphatic heterocycles. The van der Waals surface area contributed by atoms with Gasteiger partial charge in [-0.25, -0.2) is 4.39 Å². The molecule has 0 fully saturated rings. The van der Waals surface area contributed by atoms with Crippen LogP contribution < -0.4 is 15.4 Å². The summed E-state index contributed by atoms with van der Waals surface area (Å²) in [6.45, 7) is 3.33. The van der Waals surface area contributed by atoms with Gasteiger partial charge in [0.25, 0.3) is 0 Å². The van der Waals surface area contributed by atoms with Gasteiger partial charge in [-0.3, -0.25) is 0 Å². The van der Waals surface area contributed by atoms with Gasteiger partial charge in [0, 0.05) is 23.7 Å². The largest absolute Gasteiger partial charge is 0.494 e. The van der Waals surface area contributed by atoms with Crippen molar-refractivity contribution in [3.8, 4) is 5.75 Å². The van der Waals surface area contributed by atoms with E-state index in [-0.39, 0.29) is 5.82 Å². The number of thiocarbonyl (C=S) groups is 1. The van der Waals surface area contributed by atoms with Crippen LogP contribution in [0.3, 0.4) is 0 Å². The number of ether oxygens (including phenoxy) is 1. The van der Waals surface area contributed by atoms with E-state index in [0.29, 0.717) is 17.5 Å². The molecule has 0 heterocycles. The first-order valence-corrected chi connectivity index (χ1v) is 9.34. The number of anilines is 1. The predicted molar refractivity (Wildman–Crippen MR) is 104 cm³/mol. The summed E-state index contributed by atoms with van der Waals surface area (Å²) in [5.74, 6) is 2.20. The van der Waals surface area contributed by atoms with E-state index in [9.17, 15) is 4.39 Å². The van der Waals surface area contributed by atoms with Crippen LogP contribution in [0.1, 0.15) is 12.5 Å². The minimum atomic E-state index is -0.148. The van der Waals surface area contributed by atoms with E-state index >= 15 is 0 Å². The fourth-order valence-corrected chi connectivity index (χ4v) is 3.08. The number of hydrogen-bond acceptors (Lipinski definition) is 3. The first kappa shape index (κ1) is 18.5. The van der Waals surface area contributed by atoms with E-state index in [1.807, 2.05) is 43.3 Å². The summed E-state index contributed by atoms with van der Waals surface area (Å²) in [4.78, 5) is 0. The normalized spacial score (nSPS) is 10.2. The highest BCUT2D eigenvalue weighted by atomic mass is 32.2. The molecule has 0 spiro atoms. The zero-order valence-corrected chi connectivity index (χ0v) is 15.2. The highest BCUT2D eigenvalue weighted by Gasteiger charge is 2.01. The third-order valence-corrected chi connectivity index (χ3v) is 4.42. The number of nitrogens with one attached hydrogen (secondary N) is 2. The SMILES string of the molecule is CCOc1ccc(NC(=S)NCCSCc2ccccc2F)cc1. The lowest BCUT2D eigenvalue weighted by molar-refractivity contribution is 0.340. The lowest BCUT2D eigenvalue weighted by Crippen LogP contribution is -2.30. The molecule has 24 heavy (non-hydrogen) atoms. The highest BCUT2D eigenvalue weighted by molar-refractivity contribution is 7.98. The Morgan fingerprint density at radius 3 is 2.62 bits per heavy atom. The Morgan fingerprint density at radius 1 is 1.17 bits per heavy atom. The third-order valence-electron chi connectivity index (χ3n) is 3.17. The second-order valence-electron chi connectivity index (χ2n) is 4.98. The first-order chi connectivity index (χ1) is 11.7. The topological polar surface area (TPSA) is 33.3 Å². The first-order valence-electron chi connectivity index (χ1n) is 7.78. The summed E-state index contributed by atoms with van der Waals surface area (Å²) in [5.41, 5.74) is 1.65. The highest BCUT2D eigenvalue weighted by Crippen LogP contribution is 2.16. The van der Waals surface area contributed by atoms with Crippen LogP contribution in [0.2, 0.25) is 0 Å². The lowest BCUT2D eigenvalue weighted by Gasteiger charge is -2.11. The summed E-state index contributed by atoms with van der Waals surface area (Å²) in [6, 6.07) is 14.5. The molecule has 2 N–H and O–H groups in total. The second kappa shape index (κ2) is 10.2. The Balaban J connectivity index is 1.63. The molecule has 0 saturated carbocycles. The Labute approximate surface area is 152 Å². The summed E-state index contributed by atoms with van der Waals surface area (Å²) in [7, 11) is 0. The lowest BCUT2D eigenvalue weighted by atomic mass is 10.2. The van der Waals surface area contributed by atoms with Gasteiger partial charge in [-0.05, 0) is 55.0 Å². The van der Waals surface area contributed by atoms with Crippen molar-refractivity contribution in [3.63, 3.8) is 0 Å². The molecule has 2 aromatic rings. The standard InChI is InChI=1S/C18H21FN2OS2/c1-2-22-16-9-7-15(8-10-16)21-18(23)20-11-12-24-13-14-5-3-4-6-17(14)19/h3-10H,2,11-13H2,1H3,(H2,20,21,23). The van der Waals surface area contributed by atoms with Crippen molar-refractivity contribution >= 4 is 34.8 Å². The molecular weight excluding hydrogens is 343 g/mol. The number of thioether (sulfide) groups is 1. The Morgan fingerprint density at radius 2 is 1.92 bits per heavy atom. The molecule has 0 saturated heterocycles. The maximum absolute atomic E-state index is 13.5. The molecular formula is C18H21FN2OS2. The molecule has 2 aromatic carbocycles. The number of benzene rings is 2. The smallest absolute Gasteiger partial charge is 0.170 e. The molecule has 2 rings (SSSR count). The molecule has 0 amide bonds. The Kier molecular flexibility index (Phi) is 7.85. The third kappa shape index (κ3) is 6.37. The zero-order valence-electron chi connectivity index (χ0n) is 13.5. The van der Waals surface area contributed by atoms with Gasteiger partial charge in [0.2, 0.25) is 0 Å². The maximum Gasteiger partial charge on any atom is 0.170 e. The molecule has 0 aliphatic carbocycles. The van der Waals surface area contributed by atoms with Crippen molar-refractivity contribution in [3.05, 3.63) is 59.9 Å². The molecule has 0 aliphatic rings. The van der Waals surface area contributed by atoms with Crippen LogP contribution in [-0.4, -0.2) is 24.0 Å². The number of halogens is 1. The number of hydrogen-bond donors (Lipinski definition) is 2.